The normalized spacial score (nSPS) is 11.6. The molecule has 0 spiro atoms. The van der Waals surface area contributed by atoms with Gasteiger partial charge in [0.25, 0.3) is 5.91 Å². The van der Waals surface area contributed by atoms with E-state index in [-0.39, 0.29) is 17.5 Å². The molecule has 0 aliphatic rings. The van der Waals surface area contributed by atoms with E-state index < -0.39 is 16.4 Å². The number of phenolic OH excluding ortho intramolecular Hbond substituents is 1. The zero-order chi connectivity index (χ0) is 17.9. The van der Waals surface area contributed by atoms with E-state index in [4.69, 9.17) is 4.74 Å². The Morgan fingerprint density at radius 3 is 2.42 bits per heavy atom. The van der Waals surface area contributed by atoms with Crippen LogP contribution in [-0.4, -0.2) is 35.0 Å². The lowest BCUT2D eigenvalue weighted by atomic mass is 10.1. The molecule has 2 rings (SSSR count). The van der Waals surface area contributed by atoms with E-state index in [9.17, 15) is 20.0 Å². The molecule has 0 unspecified atom stereocenters. The average molecular weight is 330 g/mol. The summed E-state index contributed by atoms with van der Waals surface area (Å²) in [5.41, 5.74) is 0.550. The van der Waals surface area contributed by atoms with Crippen LogP contribution in [0.1, 0.15) is 28.9 Å². The number of aromatic hydroxyl groups is 1. The van der Waals surface area contributed by atoms with Gasteiger partial charge in [-0.15, -0.1) is 0 Å². The topological polar surface area (TPSA) is 92.9 Å². The summed E-state index contributed by atoms with van der Waals surface area (Å²) < 4.78 is 5.10. The number of nitro groups is 1. The van der Waals surface area contributed by atoms with Crippen molar-refractivity contribution in [1.29, 1.82) is 0 Å². The fourth-order valence-corrected chi connectivity index (χ4v) is 2.29. The number of ether oxygens (including phenoxy) is 1. The zero-order valence-electron chi connectivity index (χ0n) is 13.6. The van der Waals surface area contributed by atoms with Crippen molar-refractivity contribution in [2.45, 2.75) is 13.0 Å². The van der Waals surface area contributed by atoms with E-state index in [0.717, 1.165) is 17.7 Å². The summed E-state index contributed by atoms with van der Waals surface area (Å²) in [4.78, 5) is 24.2. The van der Waals surface area contributed by atoms with Gasteiger partial charge in [0.05, 0.1) is 18.1 Å². The van der Waals surface area contributed by atoms with Crippen molar-refractivity contribution in [3.63, 3.8) is 0 Å². The third-order valence-corrected chi connectivity index (χ3v) is 3.92. The molecule has 0 radical (unpaired) electrons. The second-order valence-electron chi connectivity index (χ2n) is 5.33. The highest BCUT2D eigenvalue weighted by Crippen LogP contribution is 2.28. The highest BCUT2D eigenvalue weighted by atomic mass is 16.6. The first kappa shape index (κ1) is 17.3. The largest absolute Gasteiger partial charge is 0.502 e. The molecule has 0 saturated carbocycles. The highest BCUT2D eigenvalue weighted by molar-refractivity contribution is 5.95. The Morgan fingerprint density at radius 1 is 1.25 bits per heavy atom. The molecule has 0 fully saturated rings. The maximum Gasteiger partial charge on any atom is 0.311 e. The summed E-state index contributed by atoms with van der Waals surface area (Å²) in [6.07, 6.45) is 0. The van der Waals surface area contributed by atoms with E-state index in [2.05, 4.69) is 0 Å². The Labute approximate surface area is 139 Å². The highest BCUT2D eigenvalue weighted by Gasteiger charge is 2.22. The Kier molecular flexibility index (Phi) is 5.03. The standard InChI is InChI=1S/C17H18N2O5/c1-11(12-4-7-14(24-3)8-5-12)18(2)17(21)13-6-9-16(20)15(10-13)19(22)23/h4-11,20H,1-3H3/t11-/m0/s1. The third kappa shape index (κ3) is 3.45. The number of amides is 1. The van der Waals surface area contributed by atoms with Crippen molar-refractivity contribution in [1.82, 2.24) is 4.90 Å². The molecule has 0 bridgehead atoms. The first-order chi connectivity index (χ1) is 11.3. The first-order valence-corrected chi connectivity index (χ1v) is 7.23. The molecule has 126 valence electrons. The predicted molar refractivity (Wildman–Crippen MR) is 88.3 cm³/mol. The van der Waals surface area contributed by atoms with Crippen LogP contribution in [0, 0.1) is 10.1 Å². The number of methoxy groups -OCH3 is 1. The van der Waals surface area contributed by atoms with E-state index in [1.54, 1.807) is 26.3 Å². The Morgan fingerprint density at radius 2 is 1.88 bits per heavy atom. The van der Waals surface area contributed by atoms with Crippen molar-refractivity contribution in [3.8, 4) is 11.5 Å². The van der Waals surface area contributed by atoms with Gasteiger partial charge in [0.2, 0.25) is 0 Å². The van der Waals surface area contributed by atoms with Gasteiger partial charge >= 0.3 is 5.69 Å². The van der Waals surface area contributed by atoms with Crippen LogP contribution in [0.25, 0.3) is 0 Å². The Balaban J connectivity index is 2.24. The quantitative estimate of drug-likeness (QED) is 0.671. The van der Waals surface area contributed by atoms with Crippen LogP contribution < -0.4 is 4.74 Å². The second-order valence-corrected chi connectivity index (χ2v) is 5.33. The minimum atomic E-state index is -0.723. The number of rotatable bonds is 5. The molecule has 1 atom stereocenters. The number of nitro benzene ring substituents is 1. The summed E-state index contributed by atoms with van der Waals surface area (Å²) in [5, 5.41) is 20.4. The fourth-order valence-electron chi connectivity index (χ4n) is 2.29. The number of phenols is 1. The van der Waals surface area contributed by atoms with Crippen molar-refractivity contribution in [3.05, 3.63) is 63.7 Å². The minimum Gasteiger partial charge on any atom is -0.502 e. The van der Waals surface area contributed by atoms with Crippen molar-refractivity contribution < 1.29 is 19.6 Å². The van der Waals surface area contributed by atoms with Crippen molar-refractivity contribution in [2.24, 2.45) is 0 Å². The predicted octanol–water partition coefficient (Wildman–Crippen LogP) is 3.14. The lowest BCUT2D eigenvalue weighted by Crippen LogP contribution is -2.29. The summed E-state index contributed by atoms with van der Waals surface area (Å²) in [6.45, 7) is 1.86. The molecule has 0 heterocycles. The number of nitrogens with zero attached hydrogens (tertiary/aromatic N) is 2. The summed E-state index contributed by atoms with van der Waals surface area (Å²) >= 11 is 0. The van der Waals surface area contributed by atoms with Crippen LogP contribution in [0.3, 0.4) is 0 Å². The molecule has 0 aromatic heterocycles. The molecule has 1 N–H and O–H groups in total. The number of benzene rings is 2. The molecule has 0 aliphatic heterocycles. The lowest BCUT2D eigenvalue weighted by molar-refractivity contribution is -0.385. The van der Waals surface area contributed by atoms with Gasteiger partial charge in [0.15, 0.2) is 5.75 Å². The van der Waals surface area contributed by atoms with Crippen molar-refractivity contribution >= 4 is 11.6 Å². The maximum atomic E-state index is 12.6. The molecular formula is C17H18N2O5. The Hall–Kier alpha value is -3.09. The van der Waals surface area contributed by atoms with Crippen LogP contribution in [0.5, 0.6) is 11.5 Å². The second kappa shape index (κ2) is 6.99. The van der Waals surface area contributed by atoms with Crippen LogP contribution in [-0.2, 0) is 0 Å². The van der Waals surface area contributed by atoms with Gasteiger partial charge in [-0.25, -0.2) is 0 Å². The lowest BCUT2D eigenvalue weighted by Gasteiger charge is -2.25. The Bertz CT molecular complexity index is 758. The van der Waals surface area contributed by atoms with Gasteiger partial charge < -0.3 is 14.7 Å². The average Bonchev–Trinajstić information content (AvgIpc) is 2.60. The molecule has 0 aliphatic carbocycles. The van der Waals surface area contributed by atoms with Crippen LogP contribution >= 0.6 is 0 Å². The van der Waals surface area contributed by atoms with Gasteiger partial charge in [-0.1, -0.05) is 12.1 Å². The molecule has 7 heteroatoms. The van der Waals surface area contributed by atoms with Crippen LogP contribution in [0.4, 0.5) is 5.69 Å². The molecule has 1 amide bonds. The van der Waals surface area contributed by atoms with Gasteiger partial charge in [-0.2, -0.15) is 0 Å². The molecule has 24 heavy (non-hydrogen) atoms. The van der Waals surface area contributed by atoms with Crippen LogP contribution in [0.2, 0.25) is 0 Å². The van der Waals surface area contributed by atoms with Crippen molar-refractivity contribution in [2.75, 3.05) is 14.2 Å². The SMILES string of the molecule is COc1ccc([C@H](C)N(C)C(=O)c2ccc(O)c([N+](=O)[O-])c2)cc1. The number of carbonyl (C=O) groups excluding carboxylic acids is 1. The fraction of sp³-hybridized carbons (Fsp3) is 0.235. The monoisotopic (exact) mass is 330 g/mol. The van der Waals surface area contributed by atoms with E-state index >= 15 is 0 Å². The van der Waals surface area contributed by atoms with Crippen LogP contribution in [0.15, 0.2) is 42.5 Å². The molecular weight excluding hydrogens is 312 g/mol. The molecule has 0 saturated heterocycles. The zero-order valence-corrected chi connectivity index (χ0v) is 13.6. The summed E-state index contributed by atoms with van der Waals surface area (Å²) in [7, 11) is 3.20. The molecule has 2 aromatic rings. The summed E-state index contributed by atoms with van der Waals surface area (Å²) in [5.74, 6) is -0.127. The van der Waals surface area contributed by atoms with E-state index in [1.807, 2.05) is 19.1 Å². The first-order valence-electron chi connectivity index (χ1n) is 7.23. The van der Waals surface area contributed by atoms with Gasteiger partial charge in [-0.05, 0) is 36.8 Å². The van der Waals surface area contributed by atoms with Gasteiger partial charge in [-0.3, -0.25) is 14.9 Å². The van der Waals surface area contributed by atoms with Gasteiger partial charge in [0, 0.05) is 18.7 Å². The summed E-state index contributed by atoms with van der Waals surface area (Å²) in [6, 6.07) is 10.7. The minimum absolute atomic E-state index is 0.141. The number of hydrogen-bond acceptors (Lipinski definition) is 5. The third-order valence-electron chi connectivity index (χ3n) is 3.92. The number of carbonyl (C=O) groups is 1. The molecule has 7 nitrogen and oxygen atoms in total. The van der Waals surface area contributed by atoms with Gasteiger partial charge in [0.1, 0.15) is 5.75 Å². The number of hydrogen-bond donors (Lipinski definition) is 1. The van der Waals surface area contributed by atoms with E-state index in [0.29, 0.717) is 5.75 Å². The smallest absolute Gasteiger partial charge is 0.311 e. The maximum absolute atomic E-state index is 12.6. The molecule has 2 aromatic carbocycles. The van der Waals surface area contributed by atoms with E-state index in [1.165, 1.54) is 11.0 Å².